The third-order valence-corrected chi connectivity index (χ3v) is 3.43. The van der Waals surface area contributed by atoms with E-state index in [0.29, 0.717) is 5.56 Å². The lowest BCUT2D eigenvalue weighted by atomic mass is 10.1. The molecule has 20 heavy (non-hydrogen) atoms. The summed E-state index contributed by atoms with van der Waals surface area (Å²) in [6, 6.07) is 11.0. The zero-order valence-corrected chi connectivity index (χ0v) is 12.2. The topological polar surface area (TPSA) is 21.3 Å². The molecule has 0 heterocycles. The first-order valence-corrected chi connectivity index (χ1v) is 6.72. The summed E-state index contributed by atoms with van der Waals surface area (Å²) < 4.78 is 19.5. The molecule has 0 atom stereocenters. The molecule has 0 aliphatic rings. The van der Waals surface area contributed by atoms with E-state index in [1.807, 2.05) is 45.2 Å². The molecule has 0 aromatic heterocycles. The van der Waals surface area contributed by atoms with Gasteiger partial charge in [0.05, 0.1) is 0 Å². The summed E-state index contributed by atoms with van der Waals surface area (Å²) in [4.78, 5) is 0. The smallest absolute Gasteiger partial charge is 0.129 e. The van der Waals surface area contributed by atoms with Gasteiger partial charge in [0, 0.05) is 12.1 Å². The maximum atomic E-state index is 13.8. The number of nitrogens with one attached hydrogen (secondary N) is 1. The number of aryl methyl sites for hydroxylation is 1. The summed E-state index contributed by atoms with van der Waals surface area (Å²) in [7, 11) is 1.87. The van der Waals surface area contributed by atoms with Gasteiger partial charge in [0.25, 0.3) is 0 Å². The van der Waals surface area contributed by atoms with E-state index in [2.05, 4.69) is 5.32 Å². The van der Waals surface area contributed by atoms with Crippen LogP contribution >= 0.6 is 0 Å². The fourth-order valence-corrected chi connectivity index (χ4v) is 2.09. The number of ether oxygens (including phenoxy) is 1. The van der Waals surface area contributed by atoms with Crippen LogP contribution < -0.4 is 10.1 Å². The minimum atomic E-state index is -0.227. The minimum absolute atomic E-state index is 0.227. The van der Waals surface area contributed by atoms with Crippen LogP contribution in [-0.2, 0) is 13.2 Å². The minimum Gasteiger partial charge on any atom is -0.489 e. The van der Waals surface area contributed by atoms with Gasteiger partial charge in [-0.1, -0.05) is 18.2 Å². The number of halogens is 1. The van der Waals surface area contributed by atoms with E-state index in [-0.39, 0.29) is 12.4 Å². The number of hydrogen-bond acceptors (Lipinski definition) is 2. The molecule has 0 saturated heterocycles. The van der Waals surface area contributed by atoms with Crippen LogP contribution in [0.5, 0.6) is 5.75 Å². The van der Waals surface area contributed by atoms with Crippen molar-refractivity contribution in [1.29, 1.82) is 0 Å². The van der Waals surface area contributed by atoms with E-state index in [4.69, 9.17) is 4.74 Å². The summed E-state index contributed by atoms with van der Waals surface area (Å²) in [6.07, 6.45) is 0. The second-order valence-electron chi connectivity index (χ2n) is 4.94. The van der Waals surface area contributed by atoms with Crippen LogP contribution in [-0.4, -0.2) is 7.05 Å². The summed E-state index contributed by atoms with van der Waals surface area (Å²) in [5.74, 6) is 0.582. The zero-order valence-electron chi connectivity index (χ0n) is 12.2. The molecule has 0 radical (unpaired) electrons. The predicted molar refractivity (Wildman–Crippen MR) is 79.4 cm³/mol. The van der Waals surface area contributed by atoms with Crippen molar-refractivity contribution < 1.29 is 9.13 Å². The average Bonchev–Trinajstić information content (AvgIpc) is 2.44. The summed E-state index contributed by atoms with van der Waals surface area (Å²) >= 11 is 0. The number of rotatable bonds is 5. The molecular weight excluding hydrogens is 253 g/mol. The molecule has 0 aliphatic carbocycles. The van der Waals surface area contributed by atoms with Crippen molar-refractivity contribution in [2.45, 2.75) is 27.0 Å². The summed E-state index contributed by atoms with van der Waals surface area (Å²) in [5.41, 5.74) is 3.90. The Kier molecular flexibility index (Phi) is 4.74. The number of benzene rings is 2. The second-order valence-corrected chi connectivity index (χ2v) is 4.94. The van der Waals surface area contributed by atoms with E-state index in [9.17, 15) is 4.39 Å². The molecule has 0 bridgehead atoms. The molecule has 0 amide bonds. The van der Waals surface area contributed by atoms with E-state index >= 15 is 0 Å². The molecule has 2 aromatic rings. The molecule has 0 unspecified atom stereocenters. The molecule has 0 spiro atoms. The van der Waals surface area contributed by atoms with Crippen molar-refractivity contribution in [2.24, 2.45) is 0 Å². The molecule has 0 aliphatic heterocycles. The highest BCUT2D eigenvalue weighted by Gasteiger charge is 2.07. The molecule has 1 N–H and O–H groups in total. The van der Waals surface area contributed by atoms with Gasteiger partial charge in [-0.15, -0.1) is 0 Å². The lowest BCUT2D eigenvalue weighted by Gasteiger charge is -2.12. The maximum absolute atomic E-state index is 13.8. The normalized spacial score (nSPS) is 10.6. The van der Waals surface area contributed by atoms with E-state index in [1.165, 1.54) is 11.6 Å². The highest BCUT2D eigenvalue weighted by atomic mass is 19.1. The Labute approximate surface area is 119 Å². The van der Waals surface area contributed by atoms with Crippen LogP contribution in [0.15, 0.2) is 36.4 Å². The van der Waals surface area contributed by atoms with Crippen LogP contribution in [0, 0.1) is 19.7 Å². The molecule has 2 nitrogen and oxygen atoms in total. The van der Waals surface area contributed by atoms with Gasteiger partial charge >= 0.3 is 0 Å². The first-order chi connectivity index (χ1) is 9.61. The third-order valence-electron chi connectivity index (χ3n) is 3.43. The van der Waals surface area contributed by atoms with E-state index in [0.717, 1.165) is 23.4 Å². The van der Waals surface area contributed by atoms with Crippen molar-refractivity contribution in [2.75, 3.05) is 7.05 Å². The number of hydrogen-bond donors (Lipinski definition) is 1. The Morgan fingerprint density at radius 2 is 1.95 bits per heavy atom. The third kappa shape index (κ3) is 3.36. The highest BCUT2D eigenvalue weighted by Crippen LogP contribution is 2.22. The summed E-state index contributed by atoms with van der Waals surface area (Å²) in [6.45, 7) is 5.01. The Morgan fingerprint density at radius 3 is 2.70 bits per heavy atom. The lowest BCUT2D eigenvalue weighted by Crippen LogP contribution is -2.07. The molecule has 2 rings (SSSR count). The van der Waals surface area contributed by atoms with Crippen LogP contribution in [0.3, 0.4) is 0 Å². The predicted octanol–water partition coefficient (Wildman–Crippen LogP) is 3.74. The van der Waals surface area contributed by atoms with Gasteiger partial charge < -0.3 is 10.1 Å². The Morgan fingerprint density at radius 1 is 1.15 bits per heavy atom. The quantitative estimate of drug-likeness (QED) is 0.896. The fourth-order valence-electron chi connectivity index (χ4n) is 2.09. The monoisotopic (exact) mass is 273 g/mol. The summed E-state index contributed by atoms with van der Waals surface area (Å²) in [5, 5.41) is 3.06. The van der Waals surface area contributed by atoms with Gasteiger partial charge in [-0.05, 0) is 55.8 Å². The van der Waals surface area contributed by atoms with Gasteiger partial charge in [-0.2, -0.15) is 0 Å². The van der Waals surface area contributed by atoms with Gasteiger partial charge in [0.1, 0.15) is 18.2 Å². The second kappa shape index (κ2) is 6.53. The average molecular weight is 273 g/mol. The molecule has 2 aromatic carbocycles. The Balaban J connectivity index is 2.14. The highest BCUT2D eigenvalue weighted by molar-refractivity contribution is 5.38. The van der Waals surface area contributed by atoms with Crippen molar-refractivity contribution in [1.82, 2.24) is 5.32 Å². The molecule has 106 valence electrons. The van der Waals surface area contributed by atoms with Crippen molar-refractivity contribution in [3.8, 4) is 5.75 Å². The van der Waals surface area contributed by atoms with Crippen molar-refractivity contribution in [3.63, 3.8) is 0 Å². The zero-order chi connectivity index (χ0) is 14.5. The Bertz CT molecular complexity index is 596. The maximum Gasteiger partial charge on any atom is 0.129 e. The SMILES string of the molecule is CNCc1ccc(F)c(COc2cccc(C)c2C)c1. The van der Waals surface area contributed by atoms with E-state index in [1.54, 1.807) is 6.07 Å². The first kappa shape index (κ1) is 14.5. The van der Waals surface area contributed by atoms with E-state index < -0.39 is 0 Å². The van der Waals surface area contributed by atoms with Gasteiger partial charge in [0.15, 0.2) is 0 Å². The van der Waals surface area contributed by atoms with Crippen LogP contribution in [0.4, 0.5) is 4.39 Å². The van der Waals surface area contributed by atoms with Gasteiger partial charge in [0.2, 0.25) is 0 Å². The largest absolute Gasteiger partial charge is 0.489 e. The van der Waals surface area contributed by atoms with Crippen LogP contribution in [0.25, 0.3) is 0 Å². The molecule has 3 heteroatoms. The van der Waals surface area contributed by atoms with Gasteiger partial charge in [-0.3, -0.25) is 0 Å². The van der Waals surface area contributed by atoms with Crippen LogP contribution in [0.2, 0.25) is 0 Å². The fraction of sp³-hybridized carbons (Fsp3) is 0.294. The van der Waals surface area contributed by atoms with Crippen molar-refractivity contribution >= 4 is 0 Å². The first-order valence-electron chi connectivity index (χ1n) is 6.72. The molecule has 0 fully saturated rings. The molecular formula is C17H20FNO. The van der Waals surface area contributed by atoms with Crippen LogP contribution in [0.1, 0.15) is 22.3 Å². The Hall–Kier alpha value is -1.87. The lowest BCUT2D eigenvalue weighted by molar-refractivity contribution is 0.297. The van der Waals surface area contributed by atoms with Gasteiger partial charge in [-0.25, -0.2) is 4.39 Å². The molecule has 0 saturated carbocycles. The van der Waals surface area contributed by atoms with Crippen molar-refractivity contribution in [3.05, 3.63) is 64.5 Å². The standard InChI is InChI=1S/C17H20FNO/c1-12-5-4-6-17(13(12)2)20-11-15-9-14(10-19-3)7-8-16(15)18/h4-9,19H,10-11H2,1-3H3.